The van der Waals surface area contributed by atoms with E-state index >= 15 is 0 Å². The summed E-state index contributed by atoms with van der Waals surface area (Å²) in [6, 6.07) is -1.11. The van der Waals surface area contributed by atoms with E-state index < -0.39 is 108 Å². The second kappa shape index (κ2) is 15.3. The molecule has 18 nitrogen and oxygen atoms in total. The van der Waals surface area contributed by atoms with E-state index in [4.69, 9.17) is 25.4 Å². The van der Waals surface area contributed by atoms with E-state index in [1.165, 1.54) is 6.92 Å². The van der Waals surface area contributed by atoms with Gasteiger partial charge in [0.1, 0.15) is 36.2 Å². The number of phenolic OH excluding ortho intramolecular Hbond substituents is 2. The summed E-state index contributed by atoms with van der Waals surface area (Å²) in [4.78, 5) is 70.2. The number of hydrogen-bond donors (Lipinski definition) is 10. The van der Waals surface area contributed by atoms with Crippen molar-refractivity contribution < 1.29 is 74.0 Å². The first-order chi connectivity index (χ1) is 20.0. The minimum atomic E-state index is -1.91. The molecule has 0 radical (unpaired) electrons. The number of aliphatic hydroxyl groups excluding tert-OH is 2. The molecule has 0 spiro atoms. The van der Waals surface area contributed by atoms with Crippen molar-refractivity contribution in [1.29, 1.82) is 0 Å². The molecule has 11 N–H and O–H groups in total. The van der Waals surface area contributed by atoms with Crippen LogP contribution in [0.2, 0.25) is 0 Å². The largest absolute Gasteiger partial charge is 0.507 e. The fraction of sp³-hybridized carbons (Fsp3) is 0.500. The number of carboxylic acids is 3. The Morgan fingerprint density at radius 1 is 1.05 bits per heavy atom. The fourth-order valence-electron chi connectivity index (χ4n) is 3.73. The van der Waals surface area contributed by atoms with Gasteiger partial charge in [0.25, 0.3) is 0 Å². The van der Waals surface area contributed by atoms with Gasteiger partial charge < -0.3 is 61.6 Å². The minimum absolute atomic E-state index is 0.269. The topological polar surface area (TPSA) is 313 Å². The molecule has 238 valence electrons. The molecule has 1 heterocycles. The monoisotopic (exact) mass is 633 g/mol. The maximum atomic E-state index is 12.6. The molecule has 0 aromatic heterocycles. The van der Waals surface area contributed by atoms with Gasteiger partial charge in [0.2, 0.25) is 18.1 Å². The Labute approximate surface area is 246 Å². The second-order valence-corrected chi connectivity index (χ2v) is 10.4. The van der Waals surface area contributed by atoms with Crippen molar-refractivity contribution in [3.63, 3.8) is 0 Å². The Kier molecular flexibility index (Phi) is 12.5. The van der Waals surface area contributed by atoms with Crippen LogP contribution in [0.4, 0.5) is 0 Å². The molecule has 2 rings (SSSR count). The molecule has 1 aromatic carbocycles. The third kappa shape index (κ3) is 9.68. The van der Waals surface area contributed by atoms with Gasteiger partial charge in [0, 0.05) is 18.1 Å². The molecule has 19 heteroatoms. The number of carbonyl (C=O) groups excluding carboxylic acids is 3. The lowest BCUT2D eigenvalue weighted by Crippen LogP contribution is -2.56. The number of esters is 1. The van der Waals surface area contributed by atoms with Gasteiger partial charge in [0.05, 0.1) is 16.6 Å². The lowest BCUT2D eigenvalue weighted by molar-refractivity contribution is -0.264. The van der Waals surface area contributed by atoms with Crippen LogP contribution in [0.1, 0.15) is 30.1 Å². The highest BCUT2D eigenvalue weighted by molar-refractivity contribution is 7.99. The molecule has 1 saturated heterocycles. The number of phenols is 2. The van der Waals surface area contributed by atoms with Crippen LogP contribution >= 0.6 is 11.8 Å². The van der Waals surface area contributed by atoms with Gasteiger partial charge in [-0.25, -0.2) is 9.59 Å². The highest BCUT2D eigenvalue weighted by Gasteiger charge is 2.47. The second-order valence-electron chi connectivity index (χ2n) is 9.38. The Morgan fingerprint density at radius 3 is 2.19 bits per heavy atom. The minimum Gasteiger partial charge on any atom is -0.507 e. The molecular weight excluding hydrogens is 602 g/mol. The van der Waals surface area contributed by atoms with Crippen LogP contribution in [0.25, 0.3) is 0 Å². The molecule has 1 fully saturated rings. The first-order valence-corrected chi connectivity index (χ1v) is 13.4. The summed E-state index contributed by atoms with van der Waals surface area (Å²) in [6.07, 6.45) is -7.62. The van der Waals surface area contributed by atoms with Gasteiger partial charge in [-0.05, 0) is 18.6 Å². The summed E-state index contributed by atoms with van der Waals surface area (Å²) in [5, 5.41) is 72.4. The lowest BCUT2D eigenvalue weighted by atomic mass is 9.91. The maximum absolute atomic E-state index is 12.6. The zero-order valence-electron chi connectivity index (χ0n) is 22.4. The molecule has 0 aliphatic carbocycles. The summed E-state index contributed by atoms with van der Waals surface area (Å²) in [7, 11) is 0. The van der Waals surface area contributed by atoms with Crippen molar-refractivity contribution in [3.05, 3.63) is 17.7 Å². The molecule has 0 saturated carbocycles. The van der Waals surface area contributed by atoms with E-state index in [2.05, 4.69) is 10.6 Å². The van der Waals surface area contributed by atoms with Crippen LogP contribution in [0.15, 0.2) is 17.0 Å². The standard InChI is InChI=1S/C24H31N3O15S/c1-8-16(33)17(34)24(41-18(8)22(38)39)42-23(40)9-4-12(28)19(13(29)5-9)43-7-11(20(35)26-6-15(31)32)27-14(30)3-2-10(25)21(36)37/h4-5,8,10-11,16-18,24,28-29,33-34H,2-3,6-7,25H2,1H3,(H,26,35)(H,27,30)(H,31,32)(H,36,37)(H,38,39)/t8-,10?,11?,16-,17+,18?,24?/m0/s1. The molecule has 43 heavy (non-hydrogen) atoms. The highest BCUT2D eigenvalue weighted by atomic mass is 32.2. The number of amides is 2. The van der Waals surface area contributed by atoms with Crippen molar-refractivity contribution in [3.8, 4) is 11.5 Å². The van der Waals surface area contributed by atoms with Gasteiger partial charge in [-0.15, -0.1) is 11.8 Å². The van der Waals surface area contributed by atoms with E-state index in [0.29, 0.717) is 11.8 Å². The van der Waals surface area contributed by atoms with Gasteiger partial charge in [-0.3, -0.25) is 19.2 Å². The summed E-state index contributed by atoms with van der Waals surface area (Å²) >= 11 is 0.619. The van der Waals surface area contributed by atoms with Crippen molar-refractivity contribution >= 4 is 47.5 Å². The first-order valence-electron chi connectivity index (χ1n) is 12.4. The average Bonchev–Trinajstić information content (AvgIpc) is 2.93. The average molecular weight is 634 g/mol. The number of aliphatic hydroxyl groups is 2. The quantitative estimate of drug-likeness (QED) is 0.0741. The van der Waals surface area contributed by atoms with Crippen molar-refractivity contribution in [2.45, 2.75) is 61.3 Å². The number of carbonyl (C=O) groups is 6. The third-order valence-corrected chi connectivity index (χ3v) is 7.34. The number of nitrogens with two attached hydrogens (primary N) is 1. The van der Waals surface area contributed by atoms with Crippen molar-refractivity contribution in [2.24, 2.45) is 11.7 Å². The van der Waals surface area contributed by atoms with E-state index in [1.54, 1.807) is 0 Å². The molecular formula is C24H31N3O15S. The Balaban J connectivity index is 2.15. The van der Waals surface area contributed by atoms with Crippen LogP contribution < -0.4 is 16.4 Å². The van der Waals surface area contributed by atoms with E-state index in [1.807, 2.05) is 0 Å². The summed E-state index contributed by atoms with van der Waals surface area (Å²) in [5.74, 6) is -10.1. The van der Waals surface area contributed by atoms with Crippen LogP contribution in [0.5, 0.6) is 11.5 Å². The molecule has 1 aliphatic heterocycles. The van der Waals surface area contributed by atoms with E-state index in [-0.39, 0.29) is 17.1 Å². The summed E-state index contributed by atoms with van der Waals surface area (Å²) < 4.78 is 10.0. The summed E-state index contributed by atoms with van der Waals surface area (Å²) in [6.45, 7) is 0.507. The summed E-state index contributed by atoms with van der Waals surface area (Å²) in [5.41, 5.74) is 4.88. The smallest absolute Gasteiger partial charge is 0.340 e. The zero-order chi connectivity index (χ0) is 32.6. The first kappa shape index (κ1) is 35.0. The van der Waals surface area contributed by atoms with Crippen LogP contribution in [0, 0.1) is 5.92 Å². The molecule has 1 aliphatic rings. The van der Waals surface area contributed by atoms with E-state index in [0.717, 1.165) is 12.1 Å². The highest BCUT2D eigenvalue weighted by Crippen LogP contribution is 2.38. The number of rotatable bonds is 14. The zero-order valence-corrected chi connectivity index (χ0v) is 23.2. The van der Waals surface area contributed by atoms with Gasteiger partial charge in [0.15, 0.2) is 6.10 Å². The Bertz CT molecular complexity index is 1220. The number of benzene rings is 1. The molecule has 1 aromatic rings. The fourth-order valence-corrected chi connectivity index (χ4v) is 4.71. The number of aromatic hydroxyl groups is 2. The SMILES string of the molecule is C[C@@H]1C(C(=O)O)OC(OC(=O)c2cc(O)c(SCC(NC(=O)CCC(N)C(=O)O)C(=O)NCC(=O)O)c(O)c2)[C@H](O)[C@H]1O. The Morgan fingerprint density at radius 2 is 1.65 bits per heavy atom. The van der Waals surface area contributed by atoms with Gasteiger partial charge >= 0.3 is 23.9 Å². The number of carboxylic acid groups (broad SMARTS) is 3. The number of thioether (sulfide) groups is 1. The number of aliphatic carboxylic acids is 3. The van der Waals surface area contributed by atoms with Crippen molar-refractivity contribution in [2.75, 3.05) is 12.3 Å². The maximum Gasteiger partial charge on any atom is 0.340 e. The molecule has 2 amide bonds. The van der Waals surface area contributed by atoms with Crippen LogP contribution in [0.3, 0.4) is 0 Å². The van der Waals surface area contributed by atoms with E-state index in [9.17, 15) is 54.3 Å². The number of hydrogen-bond acceptors (Lipinski definition) is 14. The molecule has 0 bridgehead atoms. The predicted octanol–water partition coefficient (Wildman–Crippen LogP) is -2.61. The Hall–Kier alpha value is -4.17. The van der Waals surface area contributed by atoms with Crippen molar-refractivity contribution in [1.82, 2.24) is 10.6 Å². The molecule has 7 atom stereocenters. The van der Waals surface area contributed by atoms with Gasteiger partial charge in [-0.2, -0.15) is 0 Å². The normalized spacial score (nSPS) is 22.9. The van der Waals surface area contributed by atoms with Crippen LogP contribution in [-0.2, 0) is 33.4 Å². The lowest BCUT2D eigenvalue weighted by Gasteiger charge is -2.38. The van der Waals surface area contributed by atoms with Gasteiger partial charge in [-0.1, -0.05) is 6.92 Å². The predicted molar refractivity (Wildman–Crippen MR) is 141 cm³/mol. The third-order valence-electron chi connectivity index (χ3n) is 6.14. The van der Waals surface area contributed by atoms with Crippen LogP contribution in [-0.4, -0.2) is 120 Å². The molecule has 4 unspecified atom stereocenters. The number of ether oxygens (including phenoxy) is 2. The number of nitrogens with one attached hydrogen (secondary N) is 2.